The summed E-state index contributed by atoms with van der Waals surface area (Å²) in [5.41, 5.74) is -0.157. The van der Waals surface area contributed by atoms with Crippen LogP contribution in [0.2, 0.25) is 0 Å². The minimum atomic E-state index is -0.676. The highest BCUT2D eigenvalue weighted by molar-refractivity contribution is 5.75. The summed E-state index contributed by atoms with van der Waals surface area (Å²) >= 11 is 0. The summed E-state index contributed by atoms with van der Waals surface area (Å²) in [5, 5.41) is 8.98. The summed E-state index contributed by atoms with van der Waals surface area (Å²) in [7, 11) is 0. The normalized spacial score (nSPS) is 31.1. The van der Waals surface area contributed by atoms with Crippen LogP contribution in [0.1, 0.15) is 27.7 Å². The van der Waals surface area contributed by atoms with Gasteiger partial charge in [0.05, 0.1) is 5.92 Å². The number of carbonyl (C=O) groups is 1. The van der Waals surface area contributed by atoms with Crippen LogP contribution in [0.5, 0.6) is 0 Å². The van der Waals surface area contributed by atoms with E-state index in [1.165, 1.54) is 0 Å². The molecule has 0 aromatic carbocycles. The van der Waals surface area contributed by atoms with Crippen molar-refractivity contribution in [3.8, 4) is 0 Å². The monoisotopic (exact) mass is 182 g/mol. The fourth-order valence-electron chi connectivity index (χ4n) is 2.61. The van der Waals surface area contributed by atoms with E-state index in [2.05, 4.69) is 20.4 Å². The first kappa shape index (κ1) is 10.3. The molecule has 0 aliphatic heterocycles. The largest absolute Gasteiger partial charge is 0.481 e. The van der Waals surface area contributed by atoms with Gasteiger partial charge in [0.2, 0.25) is 0 Å². The van der Waals surface area contributed by atoms with Gasteiger partial charge in [-0.05, 0) is 16.7 Å². The third-order valence-electron chi connectivity index (χ3n) is 3.42. The number of rotatable bonds is 3. The van der Waals surface area contributed by atoms with E-state index in [4.69, 9.17) is 5.11 Å². The van der Waals surface area contributed by atoms with Crippen LogP contribution in [0.3, 0.4) is 0 Å². The van der Waals surface area contributed by atoms with Crippen LogP contribution in [0.15, 0.2) is 12.7 Å². The molecule has 0 bridgehead atoms. The molecule has 1 fully saturated rings. The summed E-state index contributed by atoms with van der Waals surface area (Å²) in [5.74, 6) is -0.666. The maximum atomic E-state index is 10.9. The van der Waals surface area contributed by atoms with E-state index in [-0.39, 0.29) is 22.7 Å². The van der Waals surface area contributed by atoms with Crippen LogP contribution in [0.25, 0.3) is 0 Å². The molecule has 0 saturated heterocycles. The van der Waals surface area contributed by atoms with Crippen molar-refractivity contribution >= 4 is 5.97 Å². The molecule has 0 radical (unpaired) electrons. The van der Waals surface area contributed by atoms with E-state index in [0.717, 1.165) is 0 Å². The SMILES string of the molecule is C=CC(C)(C)[C@H]1[C@@H](C(=O)O)C1(C)C. The van der Waals surface area contributed by atoms with Gasteiger partial charge in [0.15, 0.2) is 0 Å². The highest BCUT2D eigenvalue weighted by Crippen LogP contribution is 2.65. The first-order valence-electron chi connectivity index (χ1n) is 4.61. The van der Waals surface area contributed by atoms with Crippen molar-refractivity contribution in [3.05, 3.63) is 12.7 Å². The second-order valence-corrected chi connectivity index (χ2v) is 5.14. The molecule has 2 atom stereocenters. The van der Waals surface area contributed by atoms with Crippen molar-refractivity contribution in [2.24, 2.45) is 22.7 Å². The van der Waals surface area contributed by atoms with Gasteiger partial charge in [-0.25, -0.2) is 0 Å². The number of carboxylic acid groups (broad SMARTS) is 1. The zero-order valence-corrected chi connectivity index (χ0v) is 8.79. The summed E-state index contributed by atoms with van der Waals surface area (Å²) < 4.78 is 0. The molecule has 1 rings (SSSR count). The van der Waals surface area contributed by atoms with Gasteiger partial charge in [-0.15, -0.1) is 6.58 Å². The Morgan fingerprint density at radius 1 is 1.54 bits per heavy atom. The minimum Gasteiger partial charge on any atom is -0.481 e. The lowest BCUT2D eigenvalue weighted by atomic mass is 9.83. The van der Waals surface area contributed by atoms with Gasteiger partial charge in [-0.2, -0.15) is 0 Å². The maximum Gasteiger partial charge on any atom is 0.307 e. The average molecular weight is 182 g/mol. The molecule has 2 heteroatoms. The van der Waals surface area contributed by atoms with Gasteiger partial charge in [0.25, 0.3) is 0 Å². The Morgan fingerprint density at radius 3 is 2.23 bits per heavy atom. The van der Waals surface area contributed by atoms with Gasteiger partial charge in [0, 0.05) is 0 Å². The molecule has 2 nitrogen and oxygen atoms in total. The smallest absolute Gasteiger partial charge is 0.307 e. The van der Waals surface area contributed by atoms with Gasteiger partial charge >= 0.3 is 5.97 Å². The number of hydrogen-bond acceptors (Lipinski definition) is 1. The van der Waals surface area contributed by atoms with E-state index in [0.29, 0.717) is 0 Å². The molecule has 0 aromatic rings. The zero-order chi connectivity index (χ0) is 10.4. The molecular weight excluding hydrogens is 164 g/mol. The molecule has 0 spiro atoms. The van der Waals surface area contributed by atoms with E-state index >= 15 is 0 Å². The Balaban J connectivity index is 2.88. The fraction of sp³-hybridized carbons (Fsp3) is 0.727. The second kappa shape index (κ2) is 2.60. The fourth-order valence-corrected chi connectivity index (χ4v) is 2.61. The molecule has 74 valence electrons. The van der Waals surface area contributed by atoms with E-state index in [1.54, 1.807) is 0 Å². The molecule has 1 N–H and O–H groups in total. The number of hydrogen-bond donors (Lipinski definition) is 1. The molecule has 1 aliphatic rings. The Kier molecular flexibility index (Phi) is 2.06. The second-order valence-electron chi connectivity index (χ2n) is 5.14. The van der Waals surface area contributed by atoms with Crippen LogP contribution in [-0.4, -0.2) is 11.1 Å². The van der Waals surface area contributed by atoms with E-state index < -0.39 is 5.97 Å². The van der Waals surface area contributed by atoms with Crippen molar-refractivity contribution in [3.63, 3.8) is 0 Å². The van der Waals surface area contributed by atoms with E-state index in [1.807, 2.05) is 19.9 Å². The standard InChI is InChI=1S/C11H18O2/c1-6-10(2,3)8-7(9(12)13)11(8,4)5/h6-8H,1H2,2-5H3,(H,12,13)/t7-,8+/m0/s1. The van der Waals surface area contributed by atoms with Crippen LogP contribution < -0.4 is 0 Å². The summed E-state index contributed by atoms with van der Waals surface area (Å²) in [6.45, 7) is 11.9. The Morgan fingerprint density at radius 2 is 2.00 bits per heavy atom. The van der Waals surface area contributed by atoms with Crippen LogP contribution in [-0.2, 0) is 4.79 Å². The molecule has 0 aromatic heterocycles. The first-order valence-corrected chi connectivity index (χ1v) is 4.61. The highest BCUT2D eigenvalue weighted by Gasteiger charge is 2.66. The van der Waals surface area contributed by atoms with Crippen LogP contribution in [0, 0.1) is 22.7 Å². The molecule has 1 aliphatic carbocycles. The number of carboxylic acids is 1. The Bertz CT molecular complexity index is 251. The van der Waals surface area contributed by atoms with Gasteiger partial charge in [0.1, 0.15) is 0 Å². The third kappa shape index (κ3) is 1.38. The summed E-state index contributed by atoms with van der Waals surface area (Å²) in [6, 6.07) is 0. The van der Waals surface area contributed by atoms with Crippen molar-refractivity contribution in [1.82, 2.24) is 0 Å². The summed E-state index contributed by atoms with van der Waals surface area (Å²) in [6.07, 6.45) is 1.86. The van der Waals surface area contributed by atoms with Crippen molar-refractivity contribution in [2.75, 3.05) is 0 Å². The summed E-state index contributed by atoms with van der Waals surface area (Å²) in [4.78, 5) is 10.9. The van der Waals surface area contributed by atoms with Crippen molar-refractivity contribution in [1.29, 1.82) is 0 Å². The van der Waals surface area contributed by atoms with Crippen LogP contribution in [0.4, 0.5) is 0 Å². The van der Waals surface area contributed by atoms with Gasteiger partial charge in [-0.1, -0.05) is 33.8 Å². The third-order valence-corrected chi connectivity index (χ3v) is 3.42. The quantitative estimate of drug-likeness (QED) is 0.681. The van der Waals surface area contributed by atoms with Crippen molar-refractivity contribution in [2.45, 2.75) is 27.7 Å². The molecular formula is C11H18O2. The molecule has 0 unspecified atom stereocenters. The van der Waals surface area contributed by atoms with Gasteiger partial charge < -0.3 is 5.11 Å². The predicted molar refractivity (Wildman–Crippen MR) is 52.4 cm³/mol. The lowest BCUT2D eigenvalue weighted by Gasteiger charge is -2.21. The van der Waals surface area contributed by atoms with Crippen LogP contribution >= 0.6 is 0 Å². The topological polar surface area (TPSA) is 37.3 Å². The average Bonchev–Trinajstić information content (AvgIpc) is 2.54. The predicted octanol–water partition coefficient (Wildman–Crippen LogP) is 2.56. The Hall–Kier alpha value is -0.790. The van der Waals surface area contributed by atoms with Crippen molar-refractivity contribution < 1.29 is 9.90 Å². The zero-order valence-electron chi connectivity index (χ0n) is 8.79. The van der Waals surface area contributed by atoms with Gasteiger partial charge in [-0.3, -0.25) is 4.79 Å². The van der Waals surface area contributed by atoms with E-state index in [9.17, 15) is 4.79 Å². The molecule has 0 heterocycles. The number of allylic oxidation sites excluding steroid dienone is 1. The highest BCUT2D eigenvalue weighted by atomic mass is 16.4. The molecule has 1 saturated carbocycles. The molecule has 13 heavy (non-hydrogen) atoms. The lowest BCUT2D eigenvalue weighted by Crippen LogP contribution is -2.15. The minimum absolute atomic E-state index is 0.0768. The first-order chi connectivity index (χ1) is 5.75. The lowest BCUT2D eigenvalue weighted by molar-refractivity contribution is -0.139. The molecule has 0 amide bonds. The Labute approximate surface area is 79.6 Å². The maximum absolute atomic E-state index is 10.9. The number of aliphatic carboxylic acids is 1.